The van der Waals surface area contributed by atoms with E-state index in [9.17, 15) is 4.79 Å². The lowest BCUT2D eigenvalue weighted by atomic mass is 10.0. The lowest BCUT2D eigenvalue weighted by Crippen LogP contribution is -2.12. The van der Waals surface area contributed by atoms with E-state index < -0.39 is 0 Å². The van der Waals surface area contributed by atoms with E-state index in [0.29, 0.717) is 15.9 Å². The minimum atomic E-state index is -0.182. The van der Waals surface area contributed by atoms with Crippen LogP contribution in [0.2, 0.25) is 5.02 Å². The van der Waals surface area contributed by atoms with E-state index in [1.807, 2.05) is 0 Å². The van der Waals surface area contributed by atoms with Gasteiger partial charge in [0.05, 0.1) is 4.83 Å². The van der Waals surface area contributed by atoms with Gasteiger partial charge in [-0.25, -0.2) is 0 Å². The fourth-order valence-electron chi connectivity index (χ4n) is 1.14. The van der Waals surface area contributed by atoms with E-state index >= 15 is 0 Å². The van der Waals surface area contributed by atoms with Gasteiger partial charge in [0.25, 0.3) is 0 Å². The molecule has 0 fully saturated rings. The smallest absolute Gasteiger partial charge is 0.176 e. The standard InChI is InChI=1S/C10H9Br2ClO/c1-6(12)10(14)7-3-2-4-9(13)8(7)5-11/h2-4,6H,5H2,1H3. The molecule has 0 aliphatic heterocycles. The van der Waals surface area contributed by atoms with Crippen LogP contribution in [0.1, 0.15) is 22.8 Å². The van der Waals surface area contributed by atoms with Gasteiger partial charge in [0, 0.05) is 15.9 Å². The molecule has 0 bridgehead atoms. The number of alkyl halides is 2. The highest BCUT2D eigenvalue weighted by molar-refractivity contribution is 9.10. The number of carbonyl (C=O) groups excluding carboxylic acids is 1. The summed E-state index contributed by atoms with van der Waals surface area (Å²) in [5.41, 5.74) is 1.53. The summed E-state index contributed by atoms with van der Waals surface area (Å²) in [6.45, 7) is 1.81. The van der Waals surface area contributed by atoms with Crippen LogP contribution in [0.4, 0.5) is 0 Å². The SMILES string of the molecule is CC(Br)C(=O)c1cccc(Cl)c1CBr. The van der Waals surface area contributed by atoms with Gasteiger partial charge in [0.2, 0.25) is 0 Å². The van der Waals surface area contributed by atoms with Gasteiger partial charge in [-0.1, -0.05) is 55.6 Å². The first kappa shape index (κ1) is 12.2. The van der Waals surface area contributed by atoms with Gasteiger partial charge in [0.1, 0.15) is 0 Å². The highest BCUT2D eigenvalue weighted by Gasteiger charge is 2.16. The molecular formula is C10H9Br2ClO. The highest BCUT2D eigenvalue weighted by Crippen LogP contribution is 2.24. The topological polar surface area (TPSA) is 17.1 Å². The summed E-state index contributed by atoms with van der Waals surface area (Å²) < 4.78 is 0. The fourth-order valence-corrected chi connectivity index (χ4v) is 2.39. The van der Waals surface area contributed by atoms with Crippen LogP contribution < -0.4 is 0 Å². The third kappa shape index (κ3) is 2.59. The molecule has 4 heteroatoms. The first-order valence-electron chi connectivity index (χ1n) is 4.09. The zero-order chi connectivity index (χ0) is 10.7. The summed E-state index contributed by atoms with van der Waals surface area (Å²) in [6, 6.07) is 5.37. The molecule has 0 amide bonds. The van der Waals surface area contributed by atoms with Gasteiger partial charge in [0.15, 0.2) is 5.78 Å². The molecule has 14 heavy (non-hydrogen) atoms. The lowest BCUT2D eigenvalue weighted by Gasteiger charge is -2.09. The Hall–Kier alpha value is 0.140. The second kappa shape index (κ2) is 5.29. The molecule has 0 aliphatic carbocycles. The summed E-state index contributed by atoms with van der Waals surface area (Å²) in [5, 5.41) is 1.22. The first-order valence-corrected chi connectivity index (χ1v) is 6.51. The normalized spacial score (nSPS) is 12.6. The number of ketones is 1. The van der Waals surface area contributed by atoms with Crippen molar-refractivity contribution < 1.29 is 4.79 Å². The van der Waals surface area contributed by atoms with Crippen molar-refractivity contribution in [2.45, 2.75) is 17.1 Å². The van der Waals surface area contributed by atoms with Crippen molar-refractivity contribution in [3.63, 3.8) is 0 Å². The summed E-state index contributed by atoms with van der Waals surface area (Å²) in [7, 11) is 0. The first-order chi connectivity index (χ1) is 6.57. The van der Waals surface area contributed by atoms with E-state index in [-0.39, 0.29) is 10.6 Å². The second-order valence-electron chi connectivity index (χ2n) is 2.88. The molecule has 0 heterocycles. The number of carbonyl (C=O) groups is 1. The number of benzene rings is 1. The van der Waals surface area contributed by atoms with Crippen molar-refractivity contribution in [3.05, 3.63) is 34.3 Å². The molecule has 1 aromatic carbocycles. The lowest BCUT2D eigenvalue weighted by molar-refractivity contribution is 0.0995. The molecule has 1 nitrogen and oxygen atoms in total. The Balaban J connectivity index is 3.20. The largest absolute Gasteiger partial charge is 0.293 e. The summed E-state index contributed by atoms with van der Waals surface area (Å²) in [4.78, 5) is 11.6. The zero-order valence-corrected chi connectivity index (χ0v) is 11.5. The Morgan fingerprint density at radius 3 is 2.71 bits per heavy atom. The average Bonchev–Trinajstić information content (AvgIpc) is 2.16. The molecule has 1 rings (SSSR count). The van der Waals surface area contributed by atoms with Crippen molar-refractivity contribution >= 4 is 49.2 Å². The van der Waals surface area contributed by atoms with Gasteiger partial charge < -0.3 is 0 Å². The minimum Gasteiger partial charge on any atom is -0.293 e. The zero-order valence-electron chi connectivity index (χ0n) is 7.56. The maximum Gasteiger partial charge on any atom is 0.176 e. The van der Waals surface area contributed by atoms with Crippen LogP contribution in [0.3, 0.4) is 0 Å². The quantitative estimate of drug-likeness (QED) is 0.595. The molecule has 0 N–H and O–H groups in total. The second-order valence-corrected chi connectivity index (χ2v) is 5.22. The minimum absolute atomic E-state index is 0.0574. The van der Waals surface area contributed by atoms with Crippen molar-refractivity contribution in [1.29, 1.82) is 0 Å². The van der Waals surface area contributed by atoms with Gasteiger partial charge in [-0.15, -0.1) is 0 Å². The summed E-state index contributed by atoms with van der Waals surface area (Å²) in [6.07, 6.45) is 0. The number of halogens is 3. The van der Waals surface area contributed by atoms with E-state index in [1.165, 1.54) is 0 Å². The third-order valence-electron chi connectivity index (χ3n) is 1.88. The Morgan fingerprint density at radius 1 is 1.57 bits per heavy atom. The number of hydrogen-bond acceptors (Lipinski definition) is 1. The van der Waals surface area contributed by atoms with Crippen molar-refractivity contribution in [2.75, 3.05) is 0 Å². The van der Waals surface area contributed by atoms with Crippen LogP contribution >= 0.6 is 43.5 Å². The summed E-state index contributed by atoms with van der Waals surface area (Å²) >= 11 is 12.6. The van der Waals surface area contributed by atoms with E-state index in [1.54, 1.807) is 25.1 Å². The monoisotopic (exact) mass is 338 g/mol. The van der Waals surface area contributed by atoms with Crippen LogP contribution in [-0.4, -0.2) is 10.6 Å². The van der Waals surface area contributed by atoms with Crippen LogP contribution in [0, 0.1) is 0 Å². The predicted octanol–water partition coefficient (Wildman–Crippen LogP) is 4.20. The molecule has 1 atom stereocenters. The fraction of sp³-hybridized carbons (Fsp3) is 0.300. The molecule has 1 unspecified atom stereocenters. The van der Waals surface area contributed by atoms with Crippen molar-refractivity contribution in [2.24, 2.45) is 0 Å². The maximum absolute atomic E-state index is 11.8. The molecular weight excluding hydrogens is 331 g/mol. The van der Waals surface area contributed by atoms with Crippen LogP contribution in [0.5, 0.6) is 0 Å². The molecule has 0 aliphatic rings. The van der Waals surface area contributed by atoms with Crippen LogP contribution in [0.15, 0.2) is 18.2 Å². The number of Topliss-reactive ketones (excluding diaryl/α,β-unsaturated/α-hetero) is 1. The Kier molecular flexibility index (Phi) is 4.61. The number of rotatable bonds is 3. The Morgan fingerprint density at radius 2 is 2.21 bits per heavy atom. The molecule has 0 saturated carbocycles. The molecule has 76 valence electrons. The highest BCUT2D eigenvalue weighted by atomic mass is 79.9. The average molecular weight is 340 g/mol. The van der Waals surface area contributed by atoms with Crippen molar-refractivity contribution in [1.82, 2.24) is 0 Å². The molecule has 1 aromatic rings. The maximum atomic E-state index is 11.8. The van der Waals surface area contributed by atoms with E-state index in [2.05, 4.69) is 31.9 Å². The Labute approximate surface area is 105 Å². The molecule has 0 aromatic heterocycles. The van der Waals surface area contributed by atoms with Crippen molar-refractivity contribution in [3.8, 4) is 0 Å². The van der Waals surface area contributed by atoms with Gasteiger partial charge in [-0.2, -0.15) is 0 Å². The van der Waals surface area contributed by atoms with Crippen LogP contribution in [-0.2, 0) is 5.33 Å². The number of hydrogen-bond donors (Lipinski definition) is 0. The van der Waals surface area contributed by atoms with Crippen LogP contribution in [0.25, 0.3) is 0 Å². The predicted molar refractivity (Wildman–Crippen MR) is 66.8 cm³/mol. The Bertz CT molecular complexity index is 350. The van der Waals surface area contributed by atoms with E-state index in [4.69, 9.17) is 11.6 Å². The van der Waals surface area contributed by atoms with Gasteiger partial charge in [-0.05, 0) is 18.6 Å². The van der Waals surface area contributed by atoms with Gasteiger partial charge >= 0.3 is 0 Å². The van der Waals surface area contributed by atoms with Gasteiger partial charge in [-0.3, -0.25) is 4.79 Å². The molecule has 0 saturated heterocycles. The molecule has 0 spiro atoms. The summed E-state index contributed by atoms with van der Waals surface area (Å²) in [5.74, 6) is 0.0574. The third-order valence-corrected chi connectivity index (χ3v) is 3.21. The molecule has 0 radical (unpaired) electrons. The van der Waals surface area contributed by atoms with E-state index in [0.717, 1.165) is 5.56 Å².